The number of para-hydroxylation sites is 1. The summed E-state index contributed by atoms with van der Waals surface area (Å²) in [5.74, 6) is -14.6. The number of aliphatic hydroxyl groups excluding tert-OH is 2. The van der Waals surface area contributed by atoms with Gasteiger partial charge in [-0.2, -0.15) is 23.5 Å². The number of likely N-dealkylation sites (tertiary alicyclic amines) is 1. The van der Waals surface area contributed by atoms with Gasteiger partial charge in [0.25, 0.3) is 0 Å². The van der Waals surface area contributed by atoms with Crippen LogP contribution < -0.4 is 53.6 Å². The lowest BCUT2D eigenvalue weighted by molar-refractivity contribution is -0.147. The number of aliphatic carboxylic acids is 4. The molecular formula is C71H104N18O23S2. The first-order valence-corrected chi connectivity index (χ1v) is 39.0. The number of hydrogen-bond donors (Lipinski definition) is 17. The normalized spacial score (nSPS) is 16.8. The molecule has 2 fully saturated rings. The van der Waals surface area contributed by atoms with Crippen molar-refractivity contribution in [3.63, 3.8) is 0 Å². The molecule has 43 heteroatoms. The Hall–Kier alpha value is -10.3. The highest BCUT2D eigenvalue weighted by molar-refractivity contribution is 7.98. The number of carboxylic acid groups (broad SMARTS) is 4. The topological polar surface area (TPSA) is 593 Å². The lowest BCUT2D eigenvalue weighted by Crippen LogP contribution is -2.62. The van der Waals surface area contributed by atoms with Gasteiger partial charge in [-0.25, -0.2) is 0 Å². The van der Waals surface area contributed by atoms with E-state index in [-0.39, 0.29) is 96.1 Å². The Balaban J connectivity index is 1.27. The van der Waals surface area contributed by atoms with Gasteiger partial charge in [-0.05, 0) is 75.0 Å². The molecule has 3 aromatic rings. The van der Waals surface area contributed by atoms with E-state index in [4.69, 9.17) is 5.73 Å². The van der Waals surface area contributed by atoms with E-state index in [1.54, 1.807) is 63.2 Å². The monoisotopic (exact) mass is 1640 g/mol. The zero-order chi connectivity index (χ0) is 84.1. The molecule has 9 atom stereocenters. The minimum atomic E-state index is -1.87. The molecule has 1 aromatic heterocycles. The number of nitrogens with one attached hydrogen (secondary N) is 10. The Morgan fingerprint density at radius 1 is 0.623 bits per heavy atom. The molecule has 0 bridgehead atoms. The van der Waals surface area contributed by atoms with E-state index in [2.05, 4.69) is 58.0 Å². The Morgan fingerprint density at radius 2 is 1.18 bits per heavy atom. The molecule has 18 N–H and O–H groups in total. The van der Waals surface area contributed by atoms with Crippen molar-refractivity contribution in [1.29, 1.82) is 0 Å². The van der Waals surface area contributed by atoms with Crippen LogP contribution in [-0.2, 0) is 94.6 Å². The number of hydrogen-bond acceptors (Lipinski definition) is 27. The fourth-order valence-electron chi connectivity index (χ4n) is 12.5. The van der Waals surface area contributed by atoms with Crippen molar-refractivity contribution in [2.75, 3.05) is 130 Å². The van der Waals surface area contributed by atoms with E-state index < -0.39 is 215 Å². The average Bonchev–Trinajstić information content (AvgIpc) is 1.64. The first-order valence-electron chi connectivity index (χ1n) is 36.7. The van der Waals surface area contributed by atoms with Gasteiger partial charge in [0, 0.05) is 118 Å². The number of aliphatic hydroxyl groups is 2. The van der Waals surface area contributed by atoms with Crippen molar-refractivity contribution < 1.29 is 107 Å². The number of H-pyrrole nitrogens is 1. The number of nitrogens with two attached hydrogens (primary N) is 1. The van der Waals surface area contributed by atoms with Gasteiger partial charge in [0.05, 0.1) is 64.9 Å². The molecule has 5 unspecified atom stereocenters. The number of fused-ring (bicyclic) bond motifs is 1. The van der Waals surface area contributed by atoms with E-state index in [9.17, 15) is 112 Å². The van der Waals surface area contributed by atoms with Gasteiger partial charge in [-0.15, -0.1) is 4.91 Å². The first-order chi connectivity index (χ1) is 54.2. The number of primary amides is 1. The Kier molecular flexibility index (Phi) is 40.3. The van der Waals surface area contributed by atoms with Crippen LogP contribution in [0.2, 0.25) is 0 Å². The number of amides is 11. The molecule has 2 aliphatic rings. The fourth-order valence-corrected chi connectivity index (χ4v) is 14.5. The van der Waals surface area contributed by atoms with Crippen LogP contribution in [0.4, 0.5) is 0 Å². The number of carbonyl (C=O) groups excluding carboxylic acids is 12. The van der Waals surface area contributed by atoms with Crippen LogP contribution in [0.3, 0.4) is 0 Å². The molecule has 2 aromatic carbocycles. The number of benzene rings is 2. The molecule has 628 valence electrons. The quantitative estimate of drug-likeness (QED) is 0.0185. The standard InChI is InChI=1S/C71H104N18O23S2/c1-42(2)89(65(43(3)92)71(111)81-51(69(109)78-47(36-90)37-91)26-46-28-74-49-12-6-5-11-48(46)49)60(97)31-75-57(94)29-76-66(106)52(27-61(98)99)80-70(110)54-13-8-16-88(54)59(96)30-77-67(107)53(40-113-38-44-9-7-10-45(25-44)39-114-41-56(73-4)83-112)82-68(108)50(14-15-55(72)93)79-58(95)32-84-17-19-85(33-62(100)101)21-23-87(35-64(104)105)24-22-86(20-18-84)34-63(102)103/h5-7,9-12,25,28,36,42-43,47,50-54,56,65,73-74,91-92H,8,13-24,26-27,29-35,37-41H2,1-4H3,(H2,72,93)(H,75,94)(H,76,106)(H,77,107)(H,78,109)(H,79,95)(H,80,110)(H,81,111)(H,82,108)(H,98,99)(H,100,101)(H,102,103)(H,104,105)/t43-,47-,50?,51+,52+,53?,54?,56?,65?/m1/s1. The maximum Gasteiger partial charge on any atom is 0.317 e. The summed E-state index contributed by atoms with van der Waals surface area (Å²) in [7, 11) is 1.61. The van der Waals surface area contributed by atoms with Gasteiger partial charge in [-0.3, -0.25) is 96.8 Å². The third kappa shape index (κ3) is 32.7. The largest absolute Gasteiger partial charge is 0.481 e. The van der Waals surface area contributed by atoms with Crippen molar-refractivity contribution in [2.45, 2.75) is 131 Å². The predicted octanol–water partition coefficient (Wildman–Crippen LogP) is -5.65. The van der Waals surface area contributed by atoms with E-state index in [0.29, 0.717) is 34.3 Å². The zero-order valence-electron chi connectivity index (χ0n) is 63.8. The average molecular weight is 1640 g/mol. The smallest absolute Gasteiger partial charge is 0.317 e. The maximum absolute atomic E-state index is 14.5. The van der Waals surface area contributed by atoms with Crippen LogP contribution in [0.5, 0.6) is 0 Å². The molecule has 0 radical (unpaired) electrons. The molecule has 41 nitrogen and oxygen atoms in total. The second kappa shape index (κ2) is 48.7. The predicted molar refractivity (Wildman–Crippen MR) is 413 cm³/mol. The summed E-state index contributed by atoms with van der Waals surface area (Å²) in [5, 5.41) is 85.5. The molecule has 2 saturated heterocycles. The molecule has 2 aliphatic heterocycles. The Labute approximate surface area is 664 Å². The van der Waals surface area contributed by atoms with Crippen LogP contribution in [0.15, 0.2) is 59.9 Å². The summed E-state index contributed by atoms with van der Waals surface area (Å²) >= 11 is 2.64. The molecule has 0 saturated carbocycles. The third-order valence-corrected chi connectivity index (χ3v) is 20.5. The van der Waals surface area contributed by atoms with Gasteiger partial charge >= 0.3 is 23.9 Å². The molecule has 114 heavy (non-hydrogen) atoms. The first kappa shape index (κ1) is 94.3. The second-order valence-electron chi connectivity index (χ2n) is 27.5. The van der Waals surface area contributed by atoms with Crippen molar-refractivity contribution in [3.05, 3.63) is 76.3 Å². The van der Waals surface area contributed by atoms with Crippen LogP contribution in [0, 0.1) is 4.91 Å². The summed E-state index contributed by atoms with van der Waals surface area (Å²) < 4.78 is 0. The SMILES string of the molecule is CNC(CSCc1cccc(CSCC(NC(=O)C(CCC(N)=O)NC(=O)CN2CCN(CC(=O)O)CCN(CC(=O)O)CCN(CC(=O)O)CC2)C(=O)NCC(=O)N2CCCC2C(=O)N[C@@H](CC(=O)O)C(=O)NCC(=O)NCC(=O)N(C(C)C)C(C(=O)N[C@@H](Cc2c[nH]c3ccccc23)C(=O)N[C@H](C=O)CO)[C@@H](C)O)c1)N=O. The van der Waals surface area contributed by atoms with E-state index >= 15 is 0 Å². The van der Waals surface area contributed by atoms with Crippen molar-refractivity contribution >= 4 is 130 Å². The van der Waals surface area contributed by atoms with Crippen LogP contribution in [-0.4, -0.2) is 351 Å². The van der Waals surface area contributed by atoms with Gasteiger partial charge in [0.2, 0.25) is 65.0 Å². The number of aromatic nitrogens is 1. The number of nitroso groups, excluding NO2 is 1. The van der Waals surface area contributed by atoms with Gasteiger partial charge in [0.1, 0.15) is 48.6 Å². The van der Waals surface area contributed by atoms with Crippen molar-refractivity contribution in [2.24, 2.45) is 10.9 Å². The van der Waals surface area contributed by atoms with E-state index in [1.807, 2.05) is 18.2 Å². The van der Waals surface area contributed by atoms with Crippen LogP contribution >= 0.6 is 23.5 Å². The summed E-state index contributed by atoms with van der Waals surface area (Å²) in [6, 6.07) is 2.87. The maximum atomic E-state index is 14.5. The van der Waals surface area contributed by atoms with Crippen molar-refractivity contribution in [1.82, 2.24) is 82.2 Å². The fraction of sp³-hybridized carbons (Fsp3) is 0.577. The highest BCUT2D eigenvalue weighted by Gasteiger charge is 2.40. The Bertz CT molecular complexity index is 3810. The Morgan fingerprint density at radius 3 is 1.71 bits per heavy atom. The molecule has 0 spiro atoms. The molecule has 11 amide bonds. The van der Waals surface area contributed by atoms with Gasteiger partial charge in [0.15, 0.2) is 6.17 Å². The van der Waals surface area contributed by atoms with Crippen LogP contribution in [0.1, 0.15) is 69.6 Å². The van der Waals surface area contributed by atoms with E-state index in [0.717, 1.165) is 20.9 Å². The number of carboxylic acids is 4. The summed E-state index contributed by atoms with van der Waals surface area (Å²) in [6.07, 6.45) is -2.15. The summed E-state index contributed by atoms with van der Waals surface area (Å²) in [4.78, 5) is 234. The lowest BCUT2D eigenvalue weighted by Gasteiger charge is -2.36. The number of carbonyl (C=O) groups is 16. The number of thioether (sulfide) groups is 2. The second-order valence-corrected chi connectivity index (χ2v) is 29.5. The summed E-state index contributed by atoms with van der Waals surface area (Å²) in [6.45, 7) is -0.369. The molecular weight excluding hydrogens is 1540 g/mol. The number of aromatic amines is 1. The highest BCUT2D eigenvalue weighted by Crippen LogP contribution is 2.23. The van der Waals surface area contributed by atoms with Crippen LogP contribution in [0.25, 0.3) is 10.9 Å². The molecule has 5 rings (SSSR count). The van der Waals surface area contributed by atoms with Gasteiger partial charge < -0.3 is 98.5 Å². The number of aldehydes is 1. The highest BCUT2D eigenvalue weighted by atomic mass is 32.2. The summed E-state index contributed by atoms with van der Waals surface area (Å²) in [5.41, 5.74) is 8.47. The van der Waals surface area contributed by atoms with E-state index in [1.165, 1.54) is 44.3 Å². The number of nitrogens with zero attached hydrogens (tertiary/aromatic N) is 7. The lowest BCUT2D eigenvalue weighted by atomic mass is 10.0. The van der Waals surface area contributed by atoms with Crippen molar-refractivity contribution in [3.8, 4) is 0 Å². The number of rotatable bonds is 47. The molecule has 3 heterocycles. The minimum Gasteiger partial charge on any atom is -0.481 e. The minimum absolute atomic E-state index is 0.0130. The third-order valence-electron chi connectivity index (χ3n) is 18.3. The zero-order valence-corrected chi connectivity index (χ0v) is 65.4. The molecule has 0 aliphatic carbocycles. The van der Waals surface area contributed by atoms with Gasteiger partial charge in [-0.1, -0.05) is 42.5 Å².